The van der Waals surface area contributed by atoms with Gasteiger partial charge in [-0.1, -0.05) is 18.7 Å². The maximum absolute atomic E-state index is 4.16. The van der Waals surface area contributed by atoms with Gasteiger partial charge in [0.25, 0.3) is 0 Å². The lowest BCUT2D eigenvalue weighted by molar-refractivity contribution is 0.604. The van der Waals surface area contributed by atoms with Gasteiger partial charge in [-0.3, -0.25) is 0 Å². The molecule has 1 aromatic rings. The Kier molecular flexibility index (Phi) is 4.18. The van der Waals surface area contributed by atoms with Gasteiger partial charge in [0.05, 0.1) is 0 Å². The molecule has 0 aliphatic rings. The standard InChI is InChI=1S/C9H15N3S/c1-7(10-3)8(2)13-9-11-5-4-6-12-9/h4-8,10H,1-3H3. The Morgan fingerprint density at radius 2 is 1.92 bits per heavy atom. The normalized spacial score (nSPS) is 15.3. The molecular weight excluding hydrogens is 182 g/mol. The summed E-state index contributed by atoms with van der Waals surface area (Å²) < 4.78 is 0. The van der Waals surface area contributed by atoms with Crippen LogP contribution in [-0.4, -0.2) is 28.3 Å². The molecule has 0 bridgehead atoms. The van der Waals surface area contributed by atoms with Gasteiger partial charge < -0.3 is 5.32 Å². The van der Waals surface area contributed by atoms with E-state index in [0.29, 0.717) is 11.3 Å². The van der Waals surface area contributed by atoms with Crippen molar-refractivity contribution in [1.82, 2.24) is 15.3 Å². The van der Waals surface area contributed by atoms with Crippen molar-refractivity contribution in [2.75, 3.05) is 7.05 Å². The van der Waals surface area contributed by atoms with E-state index in [9.17, 15) is 0 Å². The van der Waals surface area contributed by atoms with E-state index in [-0.39, 0.29) is 0 Å². The molecule has 1 aromatic heterocycles. The quantitative estimate of drug-likeness (QED) is 0.587. The van der Waals surface area contributed by atoms with E-state index in [1.54, 1.807) is 24.2 Å². The molecule has 0 aliphatic heterocycles. The molecule has 0 spiro atoms. The lowest BCUT2D eigenvalue weighted by Gasteiger charge is -2.17. The number of hydrogen-bond donors (Lipinski definition) is 1. The molecule has 0 fully saturated rings. The van der Waals surface area contributed by atoms with Crippen LogP contribution >= 0.6 is 11.8 Å². The average Bonchev–Trinajstić information content (AvgIpc) is 2.18. The van der Waals surface area contributed by atoms with Crippen molar-refractivity contribution in [3.05, 3.63) is 18.5 Å². The van der Waals surface area contributed by atoms with Crippen LogP contribution in [0.5, 0.6) is 0 Å². The first-order valence-corrected chi connectivity index (χ1v) is 5.23. The van der Waals surface area contributed by atoms with E-state index in [0.717, 1.165) is 5.16 Å². The summed E-state index contributed by atoms with van der Waals surface area (Å²) >= 11 is 1.69. The molecule has 1 rings (SSSR count). The zero-order chi connectivity index (χ0) is 9.68. The summed E-state index contributed by atoms with van der Waals surface area (Å²) in [4.78, 5) is 8.32. The summed E-state index contributed by atoms with van der Waals surface area (Å²) in [6.07, 6.45) is 3.54. The van der Waals surface area contributed by atoms with Gasteiger partial charge in [0.15, 0.2) is 5.16 Å². The monoisotopic (exact) mass is 197 g/mol. The van der Waals surface area contributed by atoms with Gasteiger partial charge in [-0.25, -0.2) is 9.97 Å². The number of rotatable bonds is 4. The van der Waals surface area contributed by atoms with E-state index in [4.69, 9.17) is 0 Å². The van der Waals surface area contributed by atoms with Crippen molar-refractivity contribution in [1.29, 1.82) is 0 Å². The molecule has 2 atom stereocenters. The van der Waals surface area contributed by atoms with Gasteiger partial charge in [-0.15, -0.1) is 0 Å². The van der Waals surface area contributed by atoms with Gasteiger partial charge in [0.1, 0.15) is 0 Å². The smallest absolute Gasteiger partial charge is 0.187 e. The summed E-state index contributed by atoms with van der Waals surface area (Å²) in [5, 5.41) is 4.53. The second-order valence-electron chi connectivity index (χ2n) is 2.93. The molecule has 13 heavy (non-hydrogen) atoms. The highest BCUT2D eigenvalue weighted by Gasteiger charge is 2.12. The van der Waals surface area contributed by atoms with Crippen molar-refractivity contribution >= 4 is 11.8 Å². The summed E-state index contributed by atoms with van der Waals surface area (Å²) in [7, 11) is 1.97. The minimum atomic E-state index is 0.466. The van der Waals surface area contributed by atoms with Crippen molar-refractivity contribution in [2.24, 2.45) is 0 Å². The third kappa shape index (κ3) is 3.32. The van der Waals surface area contributed by atoms with Crippen LogP contribution in [0.25, 0.3) is 0 Å². The van der Waals surface area contributed by atoms with E-state index < -0.39 is 0 Å². The van der Waals surface area contributed by atoms with Crippen LogP contribution in [0.15, 0.2) is 23.6 Å². The van der Waals surface area contributed by atoms with Crippen LogP contribution in [0.3, 0.4) is 0 Å². The molecule has 0 aliphatic carbocycles. The van der Waals surface area contributed by atoms with Crippen LogP contribution in [0, 0.1) is 0 Å². The molecule has 3 nitrogen and oxygen atoms in total. The Hall–Kier alpha value is -0.610. The molecule has 1 N–H and O–H groups in total. The zero-order valence-corrected chi connectivity index (χ0v) is 9.01. The third-order valence-corrected chi connectivity index (χ3v) is 3.19. The van der Waals surface area contributed by atoms with Gasteiger partial charge in [-0.05, 0) is 20.0 Å². The van der Waals surface area contributed by atoms with Crippen LogP contribution < -0.4 is 5.32 Å². The lowest BCUT2D eigenvalue weighted by Crippen LogP contribution is -2.30. The maximum Gasteiger partial charge on any atom is 0.187 e. The Balaban J connectivity index is 2.50. The van der Waals surface area contributed by atoms with Gasteiger partial charge in [0, 0.05) is 23.7 Å². The van der Waals surface area contributed by atoms with Crippen molar-refractivity contribution in [3.8, 4) is 0 Å². The SMILES string of the molecule is CNC(C)C(C)Sc1ncccn1. The molecule has 0 amide bonds. The second kappa shape index (κ2) is 5.19. The minimum absolute atomic E-state index is 0.466. The molecule has 0 radical (unpaired) electrons. The zero-order valence-electron chi connectivity index (χ0n) is 8.19. The van der Waals surface area contributed by atoms with Gasteiger partial charge in [-0.2, -0.15) is 0 Å². The number of nitrogens with one attached hydrogen (secondary N) is 1. The summed E-state index contributed by atoms with van der Waals surface area (Å²) in [5.74, 6) is 0. The number of nitrogens with zero attached hydrogens (tertiary/aromatic N) is 2. The highest BCUT2D eigenvalue weighted by atomic mass is 32.2. The van der Waals surface area contributed by atoms with E-state index in [1.807, 2.05) is 13.1 Å². The first-order valence-electron chi connectivity index (χ1n) is 4.35. The maximum atomic E-state index is 4.16. The number of aromatic nitrogens is 2. The van der Waals surface area contributed by atoms with E-state index >= 15 is 0 Å². The van der Waals surface area contributed by atoms with Crippen molar-refractivity contribution in [3.63, 3.8) is 0 Å². The van der Waals surface area contributed by atoms with Gasteiger partial charge in [0.2, 0.25) is 0 Å². The van der Waals surface area contributed by atoms with Crippen molar-refractivity contribution in [2.45, 2.75) is 30.3 Å². The average molecular weight is 197 g/mol. The molecule has 1 heterocycles. The highest BCUT2D eigenvalue weighted by Crippen LogP contribution is 2.20. The van der Waals surface area contributed by atoms with E-state index in [1.165, 1.54) is 0 Å². The summed E-state index contributed by atoms with van der Waals surface area (Å²) in [6.45, 7) is 4.32. The Labute approximate surface area is 83.4 Å². The lowest BCUT2D eigenvalue weighted by atomic mass is 10.3. The molecule has 72 valence electrons. The fourth-order valence-corrected chi connectivity index (χ4v) is 1.77. The van der Waals surface area contributed by atoms with E-state index in [2.05, 4.69) is 29.1 Å². The predicted octanol–water partition coefficient (Wildman–Crippen LogP) is 1.57. The Morgan fingerprint density at radius 3 is 2.46 bits per heavy atom. The Morgan fingerprint density at radius 1 is 1.31 bits per heavy atom. The largest absolute Gasteiger partial charge is 0.316 e. The van der Waals surface area contributed by atoms with Crippen molar-refractivity contribution < 1.29 is 0 Å². The summed E-state index contributed by atoms with van der Waals surface area (Å²) in [6, 6.07) is 2.30. The minimum Gasteiger partial charge on any atom is -0.316 e. The summed E-state index contributed by atoms with van der Waals surface area (Å²) in [5.41, 5.74) is 0. The molecule has 0 saturated heterocycles. The van der Waals surface area contributed by atoms with Crippen LogP contribution in [0.2, 0.25) is 0 Å². The molecule has 2 unspecified atom stereocenters. The van der Waals surface area contributed by atoms with Crippen LogP contribution in [0.1, 0.15) is 13.8 Å². The van der Waals surface area contributed by atoms with Gasteiger partial charge >= 0.3 is 0 Å². The predicted molar refractivity (Wildman–Crippen MR) is 55.9 cm³/mol. The first-order chi connectivity index (χ1) is 6.24. The molecule has 0 aromatic carbocycles. The van der Waals surface area contributed by atoms with Crippen LogP contribution in [-0.2, 0) is 0 Å². The highest BCUT2D eigenvalue weighted by molar-refractivity contribution is 7.99. The Bertz CT molecular complexity index is 240. The number of thioether (sulfide) groups is 1. The molecule has 0 saturated carbocycles. The number of hydrogen-bond acceptors (Lipinski definition) is 4. The van der Waals surface area contributed by atoms with Crippen LogP contribution in [0.4, 0.5) is 0 Å². The first kappa shape index (κ1) is 10.5. The molecule has 4 heteroatoms. The third-order valence-electron chi connectivity index (χ3n) is 1.99. The topological polar surface area (TPSA) is 37.8 Å². The molecular formula is C9H15N3S. The fraction of sp³-hybridized carbons (Fsp3) is 0.556. The second-order valence-corrected chi connectivity index (χ2v) is 4.28. The fourth-order valence-electron chi connectivity index (χ4n) is 0.849.